The lowest BCUT2D eigenvalue weighted by Crippen LogP contribution is -2.48. The normalized spacial score (nSPS) is 21.2. The van der Waals surface area contributed by atoms with E-state index < -0.39 is 29.5 Å². The van der Waals surface area contributed by atoms with Gasteiger partial charge in [0.25, 0.3) is 5.91 Å². The minimum absolute atomic E-state index is 0.0520. The topological polar surface area (TPSA) is 125 Å². The molecule has 2 aliphatic rings. The number of primary amides is 1. The predicted molar refractivity (Wildman–Crippen MR) is 156 cm³/mol. The highest BCUT2D eigenvalue weighted by atomic mass is 19.1. The summed E-state index contributed by atoms with van der Waals surface area (Å²) in [5.41, 5.74) is 5.46. The van der Waals surface area contributed by atoms with E-state index in [2.05, 4.69) is 23.7 Å². The molecule has 226 valence electrons. The van der Waals surface area contributed by atoms with Gasteiger partial charge in [0, 0.05) is 30.4 Å². The molecule has 0 bridgehead atoms. The highest BCUT2D eigenvalue weighted by Gasteiger charge is 2.32. The number of morpholine rings is 1. The molecule has 3 aromatic rings. The van der Waals surface area contributed by atoms with Crippen LogP contribution in [-0.2, 0) is 16.0 Å². The van der Waals surface area contributed by atoms with Crippen LogP contribution in [0.4, 0.5) is 15.0 Å². The molecular formula is C30H39FN6O5. The molecule has 2 aliphatic heterocycles. The van der Waals surface area contributed by atoms with E-state index in [4.69, 9.17) is 24.9 Å². The third-order valence-electron chi connectivity index (χ3n) is 7.81. The lowest BCUT2D eigenvalue weighted by molar-refractivity contribution is -0.0468. The van der Waals surface area contributed by atoms with Gasteiger partial charge in [0.15, 0.2) is 5.82 Å². The smallest absolute Gasteiger partial charge is 0.410 e. The first-order valence-electron chi connectivity index (χ1n) is 14.3. The van der Waals surface area contributed by atoms with Crippen molar-refractivity contribution in [2.45, 2.75) is 77.8 Å². The van der Waals surface area contributed by atoms with Gasteiger partial charge in [-0.3, -0.25) is 4.79 Å². The van der Waals surface area contributed by atoms with Crippen molar-refractivity contribution >= 4 is 28.9 Å². The van der Waals surface area contributed by atoms with E-state index in [0.717, 1.165) is 18.7 Å². The van der Waals surface area contributed by atoms with E-state index in [1.165, 1.54) is 13.2 Å². The molecular weight excluding hydrogens is 543 g/mol. The van der Waals surface area contributed by atoms with E-state index in [1.54, 1.807) is 15.7 Å². The second-order valence-corrected chi connectivity index (χ2v) is 12.1. The number of aromatic nitrogens is 3. The van der Waals surface area contributed by atoms with E-state index >= 15 is 4.39 Å². The number of anilines is 1. The van der Waals surface area contributed by atoms with Crippen LogP contribution in [0.1, 0.15) is 57.8 Å². The first-order valence-corrected chi connectivity index (χ1v) is 14.3. The largest absolute Gasteiger partial charge is 0.494 e. The number of hydrogen-bond donors (Lipinski definition) is 1. The zero-order valence-electron chi connectivity index (χ0n) is 25.0. The summed E-state index contributed by atoms with van der Waals surface area (Å²) in [7, 11) is 1.44. The first-order chi connectivity index (χ1) is 19.9. The van der Waals surface area contributed by atoms with Crippen LogP contribution in [0.15, 0.2) is 24.4 Å². The van der Waals surface area contributed by atoms with Crippen LogP contribution >= 0.6 is 0 Å². The third kappa shape index (κ3) is 5.72. The van der Waals surface area contributed by atoms with Gasteiger partial charge in [-0.25, -0.2) is 19.2 Å². The van der Waals surface area contributed by atoms with Crippen molar-refractivity contribution in [3.63, 3.8) is 0 Å². The van der Waals surface area contributed by atoms with Gasteiger partial charge < -0.3 is 34.3 Å². The van der Waals surface area contributed by atoms with Gasteiger partial charge in [0.05, 0.1) is 38.5 Å². The van der Waals surface area contributed by atoms with Gasteiger partial charge in [-0.2, -0.15) is 0 Å². The monoisotopic (exact) mass is 582 g/mol. The molecule has 12 heteroatoms. The van der Waals surface area contributed by atoms with Crippen molar-refractivity contribution in [2.75, 3.05) is 31.7 Å². The van der Waals surface area contributed by atoms with Crippen molar-refractivity contribution in [2.24, 2.45) is 5.73 Å². The van der Waals surface area contributed by atoms with Crippen LogP contribution in [0.3, 0.4) is 0 Å². The van der Waals surface area contributed by atoms with Gasteiger partial charge in [-0.05, 0) is 65.7 Å². The number of fused-ring (bicyclic) bond motifs is 1. The quantitative estimate of drug-likeness (QED) is 0.455. The number of hydrogen-bond acceptors (Lipinski definition) is 8. The Bertz CT molecular complexity index is 1470. The first kappa shape index (κ1) is 29.6. The Hall–Kier alpha value is -3.93. The summed E-state index contributed by atoms with van der Waals surface area (Å²) >= 11 is 0. The molecule has 0 unspecified atom stereocenters. The number of carbonyl (C=O) groups excluding carboxylic acids is 2. The summed E-state index contributed by atoms with van der Waals surface area (Å²) in [5, 5.41) is 0. The van der Waals surface area contributed by atoms with Crippen LogP contribution in [0.2, 0.25) is 0 Å². The van der Waals surface area contributed by atoms with Crippen molar-refractivity contribution in [3.05, 3.63) is 35.8 Å². The Morgan fingerprint density at radius 2 is 1.90 bits per heavy atom. The molecule has 42 heavy (non-hydrogen) atoms. The number of benzene rings is 1. The maximum atomic E-state index is 15.6. The average molecular weight is 583 g/mol. The standard InChI is InChI=1S/C30H39FN6O5/c1-17-7-8-18(2)37(17)23-10-9-19(14-33-23)28-34-25-24(31)21(27(32)38)13-22(40-6)26(25)36(28)16-20-15-35(11-12-41-20)29(39)42-30(3,4)5/h9-10,13-14,17-18,20H,7-8,11-12,15-16H2,1-6H3,(H2,32,38)/t17-,18-,20-/m0/s1. The van der Waals surface area contributed by atoms with E-state index in [1.807, 2.05) is 32.9 Å². The molecule has 0 spiro atoms. The molecule has 1 aromatic carbocycles. The van der Waals surface area contributed by atoms with Gasteiger partial charge in [0.2, 0.25) is 0 Å². The zero-order valence-corrected chi connectivity index (χ0v) is 25.0. The maximum absolute atomic E-state index is 15.6. The zero-order chi connectivity index (χ0) is 30.3. The number of ether oxygens (including phenoxy) is 3. The predicted octanol–water partition coefficient (Wildman–Crippen LogP) is 4.36. The second-order valence-electron chi connectivity index (χ2n) is 12.1. The van der Waals surface area contributed by atoms with E-state index in [9.17, 15) is 9.59 Å². The maximum Gasteiger partial charge on any atom is 0.410 e. The number of imidazole rings is 1. The molecule has 2 saturated heterocycles. The fraction of sp³-hybridized carbons (Fsp3) is 0.533. The minimum atomic E-state index is -0.924. The van der Waals surface area contributed by atoms with Crippen LogP contribution in [0.5, 0.6) is 5.75 Å². The van der Waals surface area contributed by atoms with Gasteiger partial charge in [-0.15, -0.1) is 0 Å². The lowest BCUT2D eigenvalue weighted by atomic mass is 10.1. The van der Waals surface area contributed by atoms with Crippen LogP contribution < -0.4 is 15.4 Å². The fourth-order valence-corrected chi connectivity index (χ4v) is 5.82. The molecule has 0 saturated carbocycles. The number of methoxy groups -OCH3 is 1. The van der Waals surface area contributed by atoms with Gasteiger partial charge in [-0.1, -0.05) is 0 Å². The van der Waals surface area contributed by atoms with E-state index in [-0.39, 0.29) is 29.9 Å². The molecule has 2 N–H and O–H groups in total. The molecule has 11 nitrogen and oxygen atoms in total. The highest BCUT2D eigenvalue weighted by molar-refractivity contribution is 5.99. The van der Waals surface area contributed by atoms with Crippen molar-refractivity contribution < 1.29 is 28.2 Å². The summed E-state index contributed by atoms with van der Waals surface area (Å²) in [4.78, 5) is 38.1. The molecule has 2 aromatic heterocycles. The fourth-order valence-electron chi connectivity index (χ4n) is 5.82. The third-order valence-corrected chi connectivity index (χ3v) is 7.81. The van der Waals surface area contributed by atoms with Crippen molar-refractivity contribution in [1.29, 1.82) is 0 Å². The molecule has 5 rings (SSSR count). The number of halogens is 1. The van der Waals surface area contributed by atoms with Crippen LogP contribution in [0, 0.1) is 5.82 Å². The summed E-state index contributed by atoms with van der Waals surface area (Å²) in [6.07, 6.45) is 3.04. The minimum Gasteiger partial charge on any atom is -0.494 e. The van der Waals surface area contributed by atoms with Crippen molar-refractivity contribution in [1.82, 2.24) is 19.4 Å². The van der Waals surface area contributed by atoms with Crippen molar-refractivity contribution in [3.8, 4) is 17.1 Å². The molecule has 2 amide bonds. The second kappa shape index (κ2) is 11.4. The Labute approximate surface area is 244 Å². The summed E-state index contributed by atoms with van der Waals surface area (Å²) in [6, 6.07) is 5.90. The van der Waals surface area contributed by atoms with Gasteiger partial charge in [0.1, 0.15) is 34.0 Å². The van der Waals surface area contributed by atoms with Gasteiger partial charge >= 0.3 is 6.09 Å². The Morgan fingerprint density at radius 1 is 1.19 bits per heavy atom. The summed E-state index contributed by atoms with van der Waals surface area (Å²) in [6.45, 7) is 11.0. The SMILES string of the molecule is COc1cc(C(N)=O)c(F)c2nc(-c3ccc(N4[C@@H](C)CC[C@@H]4C)nc3)n(C[C@@H]3CN(C(=O)OC(C)(C)C)CCO3)c12. The number of nitrogens with zero attached hydrogens (tertiary/aromatic N) is 5. The number of pyridine rings is 1. The average Bonchev–Trinajstić information content (AvgIpc) is 3.48. The summed E-state index contributed by atoms with van der Waals surface area (Å²) in [5.74, 6) is -0.233. The molecule has 3 atom stereocenters. The number of carbonyl (C=O) groups is 2. The molecule has 2 fully saturated rings. The summed E-state index contributed by atoms with van der Waals surface area (Å²) < 4.78 is 34.7. The Kier molecular flexibility index (Phi) is 8.02. The number of nitrogens with two attached hydrogens (primary N) is 1. The van der Waals surface area contributed by atoms with Crippen LogP contribution in [0.25, 0.3) is 22.4 Å². The van der Waals surface area contributed by atoms with Crippen LogP contribution in [-0.4, -0.2) is 82.0 Å². The number of amides is 2. The highest BCUT2D eigenvalue weighted by Crippen LogP contribution is 2.36. The molecule has 4 heterocycles. The lowest BCUT2D eigenvalue weighted by Gasteiger charge is -2.34. The Morgan fingerprint density at radius 3 is 2.50 bits per heavy atom. The van der Waals surface area contributed by atoms with E-state index in [0.29, 0.717) is 42.1 Å². The number of rotatable bonds is 6. The molecule has 0 radical (unpaired) electrons. The Balaban J connectivity index is 1.56. The molecule has 0 aliphatic carbocycles.